The average Bonchev–Trinajstić information content (AvgIpc) is 2.57. The van der Waals surface area contributed by atoms with E-state index in [1.54, 1.807) is 6.20 Å². The molecule has 0 unspecified atom stereocenters. The molecular formula is C17H28Cl2N4O2. The topological polar surface area (TPSA) is 74.3 Å². The van der Waals surface area contributed by atoms with Crippen LogP contribution < -0.4 is 10.6 Å². The number of amides is 2. The number of carbonyl (C=O) groups is 2. The van der Waals surface area contributed by atoms with Crippen molar-refractivity contribution in [3.63, 3.8) is 0 Å². The van der Waals surface area contributed by atoms with Crippen molar-refractivity contribution in [2.75, 3.05) is 32.0 Å². The standard InChI is InChI=1S/C17H26N4O2.2ClH/c1-13-5-6-15(19-12-13)20-17(23)14-7-10-21(11-8-14)16(22)4-3-9-18-2;;/h5-6,12,14,18H,3-4,7-11H2,1-2H3,(H,19,20,23);2*1H. The molecule has 2 rings (SSSR count). The maximum absolute atomic E-state index is 12.3. The van der Waals surface area contributed by atoms with Gasteiger partial charge in [0.1, 0.15) is 5.82 Å². The number of pyridine rings is 1. The number of nitrogens with zero attached hydrogens (tertiary/aromatic N) is 2. The summed E-state index contributed by atoms with van der Waals surface area (Å²) >= 11 is 0. The van der Waals surface area contributed by atoms with Gasteiger partial charge in [0, 0.05) is 31.6 Å². The lowest BCUT2D eigenvalue weighted by molar-refractivity contribution is -0.134. The Hall–Kier alpha value is -1.37. The van der Waals surface area contributed by atoms with E-state index in [9.17, 15) is 9.59 Å². The molecule has 25 heavy (non-hydrogen) atoms. The molecule has 1 aromatic heterocycles. The van der Waals surface area contributed by atoms with Crippen LogP contribution in [0.2, 0.25) is 0 Å². The molecule has 1 aliphatic rings. The number of anilines is 1. The van der Waals surface area contributed by atoms with E-state index in [1.807, 2.05) is 31.0 Å². The SMILES string of the molecule is CNCCCC(=O)N1CCC(C(=O)Nc2ccc(C)cn2)CC1.Cl.Cl. The van der Waals surface area contributed by atoms with Crippen LogP contribution in [-0.4, -0.2) is 48.4 Å². The van der Waals surface area contributed by atoms with E-state index < -0.39 is 0 Å². The second-order valence-corrected chi connectivity index (χ2v) is 6.07. The number of hydrogen-bond acceptors (Lipinski definition) is 4. The number of likely N-dealkylation sites (tertiary alicyclic amines) is 1. The van der Waals surface area contributed by atoms with Crippen molar-refractivity contribution >= 4 is 42.4 Å². The maximum Gasteiger partial charge on any atom is 0.228 e. The number of aryl methyl sites for hydroxylation is 1. The van der Waals surface area contributed by atoms with Gasteiger partial charge in [0.15, 0.2) is 0 Å². The van der Waals surface area contributed by atoms with E-state index in [0.717, 1.165) is 31.4 Å². The van der Waals surface area contributed by atoms with Gasteiger partial charge in [0.2, 0.25) is 11.8 Å². The number of piperidine rings is 1. The summed E-state index contributed by atoms with van der Waals surface area (Å²) in [6.07, 6.45) is 4.60. The molecule has 0 saturated carbocycles. The number of nitrogens with one attached hydrogen (secondary N) is 2. The highest BCUT2D eigenvalue weighted by Crippen LogP contribution is 2.20. The molecule has 2 heterocycles. The number of carbonyl (C=O) groups excluding carboxylic acids is 2. The van der Waals surface area contributed by atoms with Crippen molar-refractivity contribution in [2.24, 2.45) is 5.92 Å². The van der Waals surface area contributed by atoms with E-state index in [-0.39, 0.29) is 42.5 Å². The van der Waals surface area contributed by atoms with Crippen LogP contribution in [0.15, 0.2) is 18.3 Å². The van der Waals surface area contributed by atoms with Gasteiger partial charge in [-0.3, -0.25) is 9.59 Å². The smallest absolute Gasteiger partial charge is 0.228 e. The Morgan fingerprint density at radius 3 is 2.48 bits per heavy atom. The molecule has 1 fully saturated rings. The lowest BCUT2D eigenvalue weighted by Gasteiger charge is -2.31. The number of halogens is 2. The molecule has 0 aliphatic carbocycles. The fourth-order valence-corrected chi connectivity index (χ4v) is 2.74. The van der Waals surface area contributed by atoms with Crippen LogP contribution in [0.5, 0.6) is 0 Å². The highest BCUT2D eigenvalue weighted by Gasteiger charge is 2.27. The van der Waals surface area contributed by atoms with Crippen LogP contribution in [0, 0.1) is 12.8 Å². The Bertz CT molecular complexity index is 532. The zero-order valence-corrected chi connectivity index (χ0v) is 16.4. The van der Waals surface area contributed by atoms with Crippen LogP contribution >= 0.6 is 24.8 Å². The Balaban J connectivity index is 0.00000288. The minimum atomic E-state index is -0.0422. The molecule has 0 atom stereocenters. The Kier molecular flexibility index (Phi) is 11.4. The van der Waals surface area contributed by atoms with Gasteiger partial charge in [-0.15, -0.1) is 24.8 Å². The monoisotopic (exact) mass is 390 g/mol. The molecule has 0 aromatic carbocycles. The molecule has 0 radical (unpaired) electrons. The average molecular weight is 391 g/mol. The van der Waals surface area contributed by atoms with Gasteiger partial charge >= 0.3 is 0 Å². The van der Waals surface area contributed by atoms with E-state index in [2.05, 4.69) is 15.6 Å². The third-order valence-corrected chi connectivity index (χ3v) is 4.20. The van der Waals surface area contributed by atoms with Crippen molar-refractivity contribution in [3.8, 4) is 0 Å². The van der Waals surface area contributed by atoms with E-state index in [4.69, 9.17) is 0 Å². The van der Waals surface area contributed by atoms with E-state index in [1.165, 1.54) is 0 Å². The van der Waals surface area contributed by atoms with Gasteiger partial charge in [0.05, 0.1) is 0 Å². The summed E-state index contributed by atoms with van der Waals surface area (Å²) < 4.78 is 0. The Morgan fingerprint density at radius 1 is 1.24 bits per heavy atom. The molecule has 0 bridgehead atoms. The summed E-state index contributed by atoms with van der Waals surface area (Å²) in [5.74, 6) is 0.744. The summed E-state index contributed by atoms with van der Waals surface area (Å²) in [4.78, 5) is 30.4. The zero-order chi connectivity index (χ0) is 16.7. The summed E-state index contributed by atoms with van der Waals surface area (Å²) in [5, 5.41) is 5.91. The van der Waals surface area contributed by atoms with Gasteiger partial charge in [-0.2, -0.15) is 0 Å². The highest BCUT2D eigenvalue weighted by molar-refractivity contribution is 5.91. The molecule has 0 spiro atoms. The summed E-state index contributed by atoms with van der Waals surface area (Å²) in [6.45, 7) is 4.14. The lowest BCUT2D eigenvalue weighted by atomic mass is 9.95. The molecule has 1 saturated heterocycles. The van der Waals surface area contributed by atoms with Gasteiger partial charge in [-0.25, -0.2) is 4.98 Å². The molecule has 1 aromatic rings. The maximum atomic E-state index is 12.3. The first kappa shape index (κ1) is 23.6. The number of hydrogen-bond donors (Lipinski definition) is 2. The first-order valence-corrected chi connectivity index (χ1v) is 8.26. The third kappa shape index (κ3) is 7.59. The van der Waals surface area contributed by atoms with Gasteiger partial charge < -0.3 is 15.5 Å². The molecule has 8 heteroatoms. The largest absolute Gasteiger partial charge is 0.343 e. The quantitative estimate of drug-likeness (QED) is 0.731. The van der Waals surface area contributed by atoms with Crippen LogP contribution in [0.4, 0.5) is 5.82 Å². The molecule has 2 N–H and O–H groups in total. The minimum absolute atomic E-state index is 0. The molecule has 142 valence electrons. The predicted molar refractivity (Wildman–Crippen MR) is 105 cm³/mol. The first-order valence-electron chi connectivity index (χ1n) is 8.26. The second-order valence-electron chi connectivity index (χ2n) is 6.07. The molecular weight excluding hydrogens is 363 g/mol. The predicted octanol–water partition coefficient (Wildman–Crippen LogP) is 2.41. The van der Waals surface area contributed by atoms with Crippen LogP contribution in [0.25, 0.3) is 0 Å². The van der Waals surface area contributed by atoms with Gasteiger partial charge in [-0.1, -0.05) is 6.07 Å². The van der Waals surface area contributed by atoms with Crippen molar-refractivity contribution in [1.29, 1.82) is 0 Å². The number of rotatable bonds is 6. The van der Waals surface area contributed by atoms with Crippen molar-refractivity contribution in [1.82, 2.24) is 15.2 Å². The van der Waals surface area contributed by atoms with Crippen LogP contribution in [-0.2, 0) is 9.59 Å². The number of aromatic nitrogens is 1. The van der Waals surface area contributed by atoms with Crippen molar-refractivity contribution < 1.29 is 9.59 Å². The lowest BCUT2D eigenvalue weighted by Crippen LogP contribution is -2.41. The first-order chi connectivity index (χ1) is 11.1. The summed E-state index contributed by atoms with van der Waals surface area (Å²) in [5.41, 5.74) is 1.06. The molecule has 2 amide bonds. The van der Waals surface area contributed by atoms with Gasteiger partial charge in [0.25, 0.3) is 0 Å². The van der Waals surface area contributed by atoms with Crippen LogP contribution in [0.3, 0.4) is 0 Å². The van der Waals surface area contributed by atoms with E-state index in [0.29, 0.717) is 25.3 Å². The van der Waals surface area contributed by atoms with Gasteiger partial charge in [-0.05, 0) is 51.4 Å². The Labute approximate surface area is 162 Å². The second kappa shape index (κ2) is 12.1. The van der Waals surface area contributed by atoms with E-state index >= 15 is 0 Å². The summed E-state index contributed by atoms with van der Waals surface area (Å²) in [7, 11) is 1.89. The minimum Gasteiger partial charge on any atom is -0.343 e. The fraction of sp³-hybridized carbons (Fsp3) is 0.588. The zero-order valence-electron chi connectivity index (χ0n) is 14.8. The normalized spacial score (nSPS) is 14.2. The molecule has 1 aliphatic heterocycles. The highest BCUT2D eigenvalue weighted by atomic mass is 35.5. The van der Waals surface area contributed by atoms with Crippen LogP contribution in [0.1, 0.15) is 31.2 Å². The Morgan fingerprint density at radius 2 is 1.92 bits per heavy atom. The van der Waals surface area contributed by atoms with Crippen molar-refractivity contribution in [2.45, 2.75) is 32.6 Å². The van der Waals surface area contributed by atoms with Crippen molar-refractivity contribution in [3.05, 3.63) is 23.9 Å². The third-order valence-electron chi connectivity index (χ3n) is 4.20. The molecule has 6 nitrogen and oxygen atoms in total. The summed E-state index contributed by atoms with van der Waals surface area (Å²) in [6, 6.07) is 3.74. The fourth-order valence-electron chi connectivity index (χ4n) is 2.74.